The summed E-state index contributed by atoms with van der Waals surface area (Å²) in [7, 11) is 0. The minimum Gasteiger partial charge on any atom is -0.426 e. The van der Waals surface area contributed by atoms with Crippen LogP contribution in [0.15, 0.2) is 24.3 Å². The third-order valence-electron chi connectivity index (χ3n) is 5.77. The van der Waals surface area contributed by atoms with E-state index in [4.69, 9.17) is 18.9 Å². The van der Waals surface area contributed by atoms with E-state index in [-0.39, 0.29) is 12.3 Å². The van der Waals surface area contributed by atoms with Gasteiger partial charge >= 0.3 is 5.97 Å². The van der Waals surface area contributed by atoms with Crippen LogP contribution in [-0.4, -0.2) is 116 Å². The minimum atomic E-state index is -1.74. The molecule has 0 amide bonds. The SMILES string of the molecule is CC(=O)Oc1ccccc1CN[C@H]1C(O)O[C@H](CO)[C@@H](O[C@@H]2O[C@H](CO)[C@H](O)[C@H](O)[C@H]2O)[C@@H]1O. The van der Waals surface area contributed by atoms with E-state index in [0.717, 1.165) is 0 Å². The molecule has 2 aliphatic rings. The number of hydrogen-bond donors (Lipinski definition) is 8. The maximum absolute atomic E-state index is 11.3. The van der Waals surface area contributed by atoms with Gasteiger partial charge in [0.25, 0.3) is 0 Å². The Hall–Kier alpha value is -1.75. The van der Waals surface area contributed by atoms with Crippen LogP contribution in [0, 0.1) is 0 Å². The summed E-state index contributed by atoms with van der Waals surface area (Å²) in [5.41, 5.74) is 0.549. The topological polar surface area (TPSA) is 208 Å². The molecule has 10 atom stereocenters. The van der Waals surface area contributed by atoms with E-state index >= 15 is 0 Å². The Morgan fingerprint density at radius 1 is 0.941 bits per heavy atom. The Morgan fingerprint density at radius 3 is 2.26 bits per heavy atom. The van der Waals surface area contributed by atoms with Crippen molar-refractivity contribution in [2.24, 2.45) is 0 Å². The van der Waals surface area contributed by atoms with Crippen LogP contribution >= 0.6 is 0 Å². The van der Waals surface area contributed by atoms with Gasteiger partial charge in [-0.1, -0.05) is 18.2 Å². The highest BCUT2D eigenvalue weighted by Crippen LogP contribution is 2.29. The molecule has 1 unspecified atom stereocenters. The highest BCUT2D eigenvalue weighted by Gasteiger charge is 2.50. The van der Waals surface area contributed by atoms with Crippen LogP contribution in [0.3, 0.4) is 0 Å². The lowest BCUT2D eigenvalue weighted by molar-refractivity contribution is -0.345. The molecule has 3 rings (SSSR count). The molecule has 0 bridgehead atoms. The average molecular weight is 489 g/mol. The van der Waals surface area contributed by atoms with E-state index in [0.29, 0.717) is 5.56 Å². The predicted octanol–water partition coefficient (Wildman–Crippen LogP) is -3.67. The van der Waals surface area contributed by atoms with Crippen molar-refractivity contribution < 1.29 is 59.5 Å². The number of nitrogens with one attached hydrogen (secondary N) is 1. The van der Waals surface area contributed by atoms with Crippen LogP contribution in [0.4, 0.5) is 0 Å². The zero-order chi connectivity index (χ0) is 25.0. The van der Waals surface area contributed by atoms with Crippen molar-refractivity contribution in [2.45, 2.75) is 74.8 Å². The van der Waals surface area contributed by atoms with Gasteiger partial charge in [-0.05, 0) is 6.07 Å². The highest BCUT2D eigenvalue weighted by atomic mass is 16.7. The van der Waals surface area contributed by atoms with Crippen LogP contribution in [0.2, 0.25) is 0 Å². The standard InChI is InChI=1S/C21H31NO12/c1-9(25)31-11-5-3-2-4-10(11)6-22-14-16(27)19(13(8-24)32-20(14)30)34-21-18(29)17(28)15(26)12(7-23)33-21/h2-5,12-24,26-30H,6-8H2,1H3/t12-,13-,14-,15+,16-,17+,18-,19-,20?,21+/m1/s1. The first-order valence-electron chi connectivity index (χ1n) is 10.8. The summed E-state index contributed by atoms with van der Waals surface area (Å²) in [4.78, 5) is 11.3. The van der Waals surface area contributed by atoms with Gasteiger partial charge in [0, 0.05) is 19.0 Å². The largest absolute Gasteiger partial charge is 0.426 e. The molecule has 2 saturated heterocycles. The van der Waals surface area contributed by atoms with Crippen LogP contribution in [0.5, 0.6) is 5.75 Å². The number of para-hydroxylation sites is 1. The Kier molecular flexibility index (Phi) is 9.31. The maximum atomic E-state index is 11.3. The van der Waals surface area contributed by atoms with E-state index in [1.807, 2.05) is 0 Å². The number of aliphatic hydroxyl groups excluding tert-OH is 7. The smallest absolute Gasteiger partial charge is 0.308 e. The van der Waals surface area contributed by atoms with E-state index < -0.39 is 80.5 Å². The molecule has 0 spiro atoms. The van der Waals surface area contributed by atoms with Crippen molar-refractivity contribution in [3.8, 4) is 5.75 Å². The number of carbonyl (C=O) groups is 1. The van der Waals surface area contributed by atoms with Gasteiger partial charge in [0.05, 0.1) is 19.3 Å². The van der Waals surface area contributed by atoms with Crippen molar-refractivity contribution >= 4 is 5.97 Å². The predicted molar refractivity (Wildman–Crippen MR) is 111 cm³/mol. The van der Waals surface area contributed by atoms with E-state index in [1.165, 1.54) is 6.92 Å². The van der Waals surface area contributed by atoms with Crippen molar-refractivity contribution in [1.29, 1.82) is 0 Å². The van der Waals surface area contributed by atoms with Gasteiger partial charge in [-0.25, -0.2) is 0 Å². The molecule has 192 valence electrons. The summed E-state index contributed by atoms with van der Waals surface area (Å²) in [5, 5.41) is 73.4. The lowest BCUT2D eigenvalue weighted by Gasteiger charge is -2.46. The number of esters is 1. The number of hydrogen-bond acceptors (Lipinski definition) is 13. The van der Waals surface area contributed by atoms with Gasteiger partial charge in [0.2, 0.25) is 0 Å². The molecule has 0 radical (unpaired) electrons. The van der Waals surface area contributed by atoms with Crippen molar-refractivity contribution in [2.75, 3.05) is 13.2 Å². The first kappa shape index (κ1) is 26.8. The molecule has 34 heavy (non-hydrogen) atoms. The molecular weight excluding hydrogens is 458 g/mol. The van der Waals surface area contributed by atoms with E-state index in [9.17, 15) is 40.5 Å². The van der Waals surface area contributed by atoms with Gasteiger partial charge in [-0.15, -0.1) is 0 Å². The molecule has 2 heterocycles. The normalized spacial score (nSPS) is 38.5. The number of ether oxygens (including phenoxy) is 4. The van der Waals surface area contributed by atoms with Crippen molar-refractivity contribution in [3.63, 3.8) is 0 Å². The van der Waals surface area contributed by atoms with Gasteiger partial charge in [-0.3, -0.25) is 4.79 Å². The molecule has 0 aliphatic carbocycles. The zero-order valence-electron chi connectivity index (χ0n) is 18.4. The third-order valence-corrected chi connectivity index (χ3v) is 5.77. The number of aliphatic hydroxyl groups is 7. The van der Waals surface area contributed by atoms with Gasteiger partial charge < -0.3 is 60.0 Å². The molecular formula is C21H31NO12. The summed E-state index contributed by atoms with van der Waals surface area (Å²) in [6, 6.07) is 5.48. The van der Waals surface area contributed by atoms with Crippen LogP contribution in [0.25, 0.3) is 0 Å². The fourth-order valence-corrected chi connectivity index (χ4v) is 3.94. The monoisotopic (exact) mass is 489 g/mol. The number of rotatable bonds is 8. The number of carbonyl (C=O) groups excluding carboxylic acids is 1. The van der Waals surface area contributed by atoms with Crippen LogP contribution in [-0.2, 0) is 25.5 Å². The average Bonchev–Trinajstić information content (AvgIpc) is 2.81. The second-order valence-electron chi connectivity index (χ2n) is 8.14. The van der Waals surface area contributed by atoms with Gasteiger partial charge in [0.1, 0.15) is 48.5 Å². The lowest BCUT2D eigenvalue weighted by atomic mass is 9.95. The molecule has 1 aromatic rings. The molecule has 1 aromatic carbocycles. The van der Waals surface area contributed by atoms with Crippen molar-refractivity contribution in [1.82, 2.24) is 5.32 Å². The number of benzene rings is 1. The second-order valence-corrected chi connectivity index (χ2v) is 8.14. The lowest BCUT2D eigenvalue weighted by Crippen LogP contribution is -2.66. The van der Waals surface area contributed by atoms with Gasteiger partial charge in [0.15, 0.2) is 12.6 Å². The Morgan fingerprint density at radius 2 is 1.62 bits per heavy atom. The first-order chi connectivity index (χ1) is 16.2. The zero-order valence-corrected chi connectivity index (χ0v) is 18.4. The van der Waals surface area contributed by atoms with Gasteiger partial charge in [-0.2, -0.15) is 0 Å². The Balaban J connectivity index is 1.73. The molecule has 2 aliphatic heterocycles. The van der Waals surface area contributed by atoms with E-state index in [2.05, 4.69) is 5.32 Å². The fraction of sp³-hybridized carbons (Fsp3) is 0.667. The molecule has 0 saturated carbocycles. The quantitative estimate of drug-likeness (QED) is 0.131. The summed E-state index contributed by atoms with van der Waals surface area (Å²) in [6.07, 6.45) is -13.5. The Bertz CT molecular complexity index is 810. The van der Waals surface area contributed by atoms with Crippen LogP contribution in [0.1, 0.15) is 12.5 Å². The van der Waals surface area contributed by atoms with Crippen molar-refractivity contribution in [3.05, 3.63) is 29.8 Å². The summed E-state index contributed by atoms with van der Waals surface area (Å²) < 4.78 is 21.4. The molecule has 13 heteroatoms. The summed E-state index contributed by atoms with van der Waals surface area (Å²) >= 11 is 0. The maximum Gasteiger partial charge on any atom is 0.308 e. The third kappa shape index (κ3) is 5.90. The Labute approximate surface area is 195 Å². The molecule has 0 aromatic heterocycles. The van der Waals surface area contributed by atoms with Crippen LogP contribution < -0.4 is 10.1 Å². The minimum absolute atomic E-state index is 0.0438. The fourth-order valence-electron chi connectivity index (χ4n) is 3.94. The highest BCUT2D eigenvalue weighted by molar-refractivity contribution is 5.69. The molecule has 13 nitrogen and oxygen atoms in total. The summed E-state index contributed by atoms with van der Waals surface area (Å²) in [6.45, 7) is -0.0499. The summed E-state index contributed by atoms with van der Waals surface area (Å²) in [5.74, 6) is -0.238. The molecule has 2 fully saturated rings. The van der Waals surface area contributed by atoms with E-state index in [1.54, 1.807) is 24.3 Å². The second kappa shape index (κ2) is 11.8. The first-order valence-corrected chi connectivity index (χ1v) is 10.8. The molecule has 8 N–H and O–H groups in total.